The van der Waals surface area contributed by atoms with Crippen molar-refractivity contribution >= 4 is 111 Å². The molecular weight excluding hydrogens is 1370 g/mol. The number of hydrogen-bond acceptors (Lipinski definition) is 5. The van der Waals surface area contributed by atoms with E-state index in [-0.39, 0.29) is 54.1 Å². The van der Waals surface area contributed by atoms with Gasteiger partial charge < -0.3 is 23.1 Å². The first-order valence-corrected chi connectivity index (χ1v) is 42.2. The number of benzene rings is 12. The van der Waals surface area contributed by atoms with Crippen molar-refractivity contribution in [3.63, 3.8) is 0 Å². The molecule has 15 aromatic rings. The highest BCUT2D eigenvalue weighted by atomic mass is 16.3. The van der Waals surface area contributed by atoms with Gasteiger partial charge in [0.1, 0.15) is 33.5 Å². The van der Waals surface area contributed by atoms with Crippen LogP contribution in [0.15, 0.2) is 220 Å². The molecule has 21 rings (SSSR count). The van der Waals surface area contributed by atoms with Crippen LogP contribution in [-0.4, -0.2) is 0 Å². The summed E-state index contributed by atoms with van der Waals surface area (Å²) in [6.45, 7) is 47.2. The molecule has 2 unspecified atom stereocenters. The van der Waals surface area contributed by atoms with Crippen molar-refractivity contribution in [2.24, 2.45) is 5.92 Å². The summed E-state index contributed by atoms with van der Waals surface area (Å²) in [7, 11) is 0. The highest BCUT2D eigenvalue weighted by molar-refractivity contribution is 6.10. The van der Waals surface area contributed by atoms with Crippen LogP contribution in [0.1, 0.15) is 250 Å². The average Bonchev–Trinajstić information content (AvgIpc) is 1.68. The van der Waals surface area contributed by atoms with Crippen molar-refractivity contribution in [1.82, 2.24) is 0 Å². The fourth-order valence-corrected chi connectivity index (χ4v) is 23.1. The molecule has 0 saturated carbocycles. The zero-order chi connectivity index (χ0) is 78.3. The first kappa shape index (κ1) is 70.7. The van der Waals surface area contributed by atoms with E-state index >= 15 is 0 Å². The predicted molar refractivity (Wildman–Crippen MR) is 476 cm³/mol. The van der Waals surface area contributed by atoms with Crippen LogP contribution in [0.5, 0.6) is 0 Å². The van der Waals surface area contributed by atoms with E-state index in [0.717, 1.165) is 128 Å². The molecule has 0 fully saturated rings. The quantitative estimate of drug-likeness (QED) is 0.152. The first-order chi connectivity index (χ1) is 53.5. The van der Waals surface area contributed by atoms with Gasteiger partial charge in [0.25, 0.3) is 0 Å². The molecule has 3 aromatic heterocycles. The Morgan fingerprint density at radius 1 is 0.257 bits per heavy atom. The fraction of sp³-hybridized carbons (Fsp3) is 0.352. The molecule has 0 N–H and O–H groups in total. The summed E-state index contributed by atoms with van der Waals surface area (Å²) in [6, 6.07) is 80.0. The Labute approximate surface area is 667 Å². The maximum Gasteiger partial charge on any atom is 0.137 e. The molecular formula is C108H108N2O3. The van der Waals surface area contributed by atoms with E-state index in [4.69, 9.17) is 13.3 Å². The lowest BCUT2D eigenvalue weighted by Gasteiger charge is -2.52. The van der Waals surface area contributed by atoms with Crippen molar-refractivity contribution < 1.29 is 13.3 Å². The van der Waals surface area contributed by atoms with Gasteiger partial charge in [0, 0.05) is 83.3 Å². The number of anilines is 6. The third-order valence-corrected chi connectivity index (χ3v) is 30.7. The number of nitrogens with zero attached hydrogens (tertiary/aromatic N) is 2. The second-order valence-corrected chi connectivity index (χ2v) is 41.6. The molecule has 5 heteroatoms. The molecule has 568 valence electrons. The Bertz CT molecular complexity index is 6660. The first-order valence-electron chi connectivity index (χ1n) is 42.2. The van der Waals surface area contributed by atoms with Crippen LogP contribution in [0.4, 0.5) is 34.1 Å². The molecule has 0 bridgehead atoms. The molecule has 0 spiro atoms. The van der Waals surface area contributed by atoms with Gasteiger partial charge in [-0.25, -0.2) is 0 Å². The van der Waals surface area contributed by atoms with Gasteiger partial charge in [0.05, 0.1) is 0 Å². The summed E-state index contributed by atoms with van der Waals surface area (Å²) in [4.78, 5) is 4.97. The number of hydrogen-bond donors (Lipinski definition) is 0. The summed E-state index contributed by atoms with van der Waals surface area (Å²) < 4.78 is 20.6. The highest BCUT2D eigenvalue weighted by Crippen LogP contribution is 2.62. The monoisotopic (exact) mass is 1480 g/mol. The van der Waals surface area contributed by atoms with Gasteiger partial charge in [-0.15, -0.1) is 0 Å². The Hall–Kier alpha value is -10.1. The minimum Gasteiger partial charge on any atom is -0.456 e. The number of para-hydroxylation sites is 1. The second-order valence-electron chi connectivity index (χ2n) is 41.6. The molecule has 0 aliphatic heterocycles. The topological polar surface area (TPSA) is 45.9 Å². The fourth-order valence-electron chi connectivity index (χ4n) is 23.1. The molecule has 6 aliphatic rings. The van der Waals surface area contributed by atoms with E-state index < -0.39 is 0 Å². The van der Waals surface area contributed by atoms with Crippen LogP contribution in [-0.2, 0) is 54.1 Å². The maximum absolute atomic E-state index is 7.08. The third-order valence-electron chi connectivity index (χ3n) is 30.7. The minimum absolute atomic E-state index is 0.00468. The molecule has 5 nitrogen and oxygen atoms in total. The van der Waals surface area contributed by atoms with Crippen molar-refractivity contribution in [2.75, 3.05) is 9.80 Å². The van der Waals surface area contributed by atoms with Gasteiger partial charge >= 0.3 is 0 Å². The predicted octanol–water partition coefficient (Wildman–Crippen LogP) is 30.8. The largest absolute Gasteiger partial charge is 0.456 e. The number of furan rings is 3. The molecule has 6 aliphatic carbocycles. The molecule has 2 atom stereocenters. The van der Waals surface area contributed by atoms with Crippen LogP contribution in [0.3, 0.4) is 0 Å². The normalized spacial score (nSPS) is 21.1. The van der Waals surface area contributed by atoms with Crippen LogP contribution in [0, 0.1) is 5.92 Å². The molecule has 3 heterocycles. The van der Waals surface area contributed by atoms with Crippen LogP contribution in [0.25, 0.3) is 98.8 Å². The van der Waals surface area contributed by atoms with Crippen LogP contribution < -0.4 is 9.80 Å². The van der Waals surface area contributed by atoms with E-state index in [9.17, 15) is 0 Å². The van der Waals surface area contributed by atoms with Crippen LogP contribution >= 0.6 is 0 Å². The third kappa shape index (κ3) is 10.3. The number of fused-ring (bicyclic) bond motifs is 20. The van der Waals surface area contributed by atoms with E-state index in [0.29, 0.717) is 5.92 Å². The summed E-state index contributed by atoms with van der Waals surface area (Å²) in [6.07, 6.45) is 9.14. The molecule has 12 aromatic carbocycles. The summed E-state index contributed by atoms with van der Waals surface area (Å²) in [5.41, 5.74) is 34.7. The van der Waals surface area contributed by atoms with Crippen LogP contribution in [0.2, 0.25) is 0 Å². The molecule has 113 heavy (non-hydrogen) atoms. The van der Waals surface area contributed by atoms with Gasteiger partial charge in [0.2, 0.25) is 0 Å². The Morgan fingerprint density at radius 3 is 1.29 bits per heavy atom. The standard InChI is InChI=1S/C108H108N2O3/c1-99(2)40-42-101(5,6)87-56-84-76(52-85(87)99)74-47-66(32-37-81(74)106(84,15)16)109(65-29-28-62-24-20-21-25-63(62)46-65)67-33-38-95-78(48-67)80-55-91-90(59-98(80)113-95)104(11,12)60-64(105(91,13)14)61-108(19)45-44-103(9,10)88-57-83-75(53-92(88)108)71-35-30-69(50-82(71)107(83,17)18)110(70-31-36-73-72-26-22-23-27-93(72)111-96(73)51-70)68-34-39-94-77(49-68)79-54-86-89(58-97(79)112-94)102(7,8)43-41-100(86,3)4/h20-39,46-59,64H,40-45,60-61H2,1-19H3. The Balaban J connectivity index is 0.650. The summed E-state index contributed by atoms with van der Waals surface area (Å²) in [5, 5.41) is 9.36. The smallest absolute Gasteiger partial charge is 0.137 e. The van der Waals surface area contributed by atoms with E-state index in [1.54, 1.807) is 0 Å². The van der Waals surface area contributed by atoms with Gasteiger partial charge in [-0.1, -0.05) is 204 Å². The lowest BCUT2D eigenvalue weighted by Crippen LogP contribution is -2.46. The SMILES string of the molecule is CC1(C)CCC(C)(C)c2cc3c(cc21)-c1cc(N(c2ccc4ccccc4c2)c2ccc4oc5cc6c(cc5c4c2)C(C)(C)C(CC2(C)CCC(C)(C)c4cc5c(cc42)-c2ccc(N(c4ccc7c(c4)oc4ccccc47)c4ccc7oc8cc9c(cc8c7c4)C(C)(C)CCC9(C)C)cc2C5(C)C)CC6(C)C)ccc1C3(C)C. The Kier molecular flexibility index (Phi) is 14.5. The van der Waals surface area contributed by atoms with Gasteiger partial charge in [-0.05, 0) is 328 Å². The van der Waals surface area contributed by atoms with Crippen molar-refractivity contribution in [1.29, 1.82) is 0 Å². The maximum atomic E-state index is 7.08. The van der Waals surface area contributed by atoms with E-state index in [1.807, 2.05) is 0 Å². The molecule has 0 radical (unpaired) electrons. The highest BCUT2D eigenvalue weighted by Gasteiger charge is 2.52. The van der Waals surface area contributed by atoms with Gasteiger partial charge in [-0.2, -0.15) is 0 Å². The summed E-state index contributed by atoms with van der Waals surface area (Å²) >= 11 is 0. The van der Waals surface area contributed by atoms with Crippen molar-refractivity contribution in [2.45, 2.75) is 237 Å². The average molecular weight is 1480 g/mol. The number of rotatable bonds is 8. The zero-order valence-corrected chi connectivity index (χ0v) is 70.0. The minimum atomic E-state index is -0.281. The van der Waals surface area contributed by atoms with Crippen molar-refractivity contribution in [3.05, 3.63) is 273 Å². The van der Waals surface area contributed by atoms with E-state index in [2.05, 4.69) is 348 Å². The molecule has 0 amide bonds. The Morgan fingerprint density at radius 2 is 0.655 bits per heavy atom. The van der Waals surface area contributed by atoms with E-state index in [1.165, 1.54) is 123 Å². The van der Waals surface area contributed by atoms with Gasteiger partial charge in [0.15, 0.2) is 0 Å². The summed E-state index contributed by atoms with van der Waals surface area (Å²) in [5.74, 6) is 0.393. The lowest BCUT2D eigenvalue weighted by atomic mass is 9.52. The van der Waals surface area contributed by atoms with Crippen molar-refractivity contribution in [3.8, 4) is 22.3 Å². The molecule has 0 saturated heterocycles. The zero-order valence-electron chi connectivity index (χ0n) is 70.0. The lowest BCUT2D eigenvalue weighted by molar-refractivity contribution is 0.152. The second kappa shape index (κ2) is 23.1. The van der Waals surface area contributed by atoms with Gasteiger partial charge in [-0.3, -0.25) is 0 Å².